The molecular formula is C11H26N2. The normalized spacial score (nSPS) is 14.1. The van der Waals surface area contributed by atoms with Crippen LogP contribution in [-0.4, -0.2) is 30.6 Å². The van der Waals surface area contributed by atoms with Gasteiger partial charge in [-0.1, -0.05) is 27.7 Å². The second-order valence-electron chi connectivity index (χ2n) is 3.90. The lowest BCUT2D eigenvalue weighted by Crippen LogP contribution is -2.39. The molecule has 13 heavy (non-hydrogen) atoms. The molecular weight excluding hydrogens is 160 g/mol. The lowest BCUT2D eigenvalue weighted by Gasteiger charge is -2.31. The SMILES string of the molecule is CCC(CC)N(CC)CC(C)CN. The molecule has 2 nitrogen and oxygen atoms in total. The fourth-order valence-electron chi connectivity index (χ4n) is 1.82. The van der Waals surface area contributed by atoms with Gasteiger partial charge in [-0.15, -0.1) is 0 Å². The topological polar surface area (TPSA) is 29.3 Å². The van der Waals surface area contributed by atoms with Crippen LogP contribution in [0, 0.1) is 5.92 Å². The van der Waals surface area contributed by atoms with Crippen molar-refractivity contribution < 1.29 is 0 Å². The molecule has 1 unspecified atom stereocenters. The van der Waals surface area contributed by atoms with Gasteiger partial charge in [-0.2, -0.15) is 0 Å². The van der Waals surface area contributed by atoms with E-state index in [1.165, 1.54) is 12.8 Å². The van der Waals surface area contributed by atoms with Gasteiger partial charge >= 0.3 is 0 Å². The van der Waals surface area contributed by atoms with Crippen LogP contribution < -0.4 is 5.73 Å². The van der Waals surface area contributed by atoms with Crippen molar-refractivity contribution in [3.8, 4) is 0 Å². The van der Waals surface area contributed by atoms with E-state index in [0.717, 1.165) is 25.7 Å². The van der Waals surface area contributed by atoms with Crippen molar-refractivity contribution in [3.63, 3.8) is 0 Å². The first-order valence-corrected chi connectivity index (χ1v) is 5.63. The molecule has 0 aliphatic rings. The van der Waals surface area contributed by atoms with Crippen LogP contribution in [0.1, 0.15) is 40.5 Å². The Balaban J connectivity index is 3.98. The van der Waals surface area contributed by atoms with Crippen molar-refractivity contribution in [2.24, 2.45) is 11.7 Å². The number of hydrogen-bond donors (Lipinski definition) is 1. The molecule has 0 spiro atoms. The third-order valence-corrected chi connectivity index (χ3v) is 2.81. The van der Waals surface area contributed by atoms with Crippen molar-refractivity contribution in [2.75, 3.05) is 19.6 Å². The molecule has 0 aliphatic heterocycles. The molecule has 1 atom stereocenters. The first kappa shape index (κ1) is 12.9. The lowest BCUT2D eigenvalue weighted by molar-refractivity contribution is 0.172. The number of rotatable bonds is 7. The van der Waals surface area contributed by atoms with Gasteiger partial charge in [0.25, 0.3) is 0 Å². The van der Waals surface area contributed by atoms with Crippen LogP contribution in [0.15, 0.2) is 0 Å². The van der Waals surface area contributed by atoms with E-state index in [9.17, 15) is 0 Å². The molecule has 2 N–H and O–H groups in total. The smallest absolute Gasteiger partial charge is 0.00900 e. The summed E-state index contributed by atoms with van der Waals surface area (Å²) in [6, 6.07) is 0.749. The summed E-state index contributed by atoms with van der Waals surface area (Å²) in [6.07, 6.45) is 2.50. The Morgan fingerprint density at radius 2 is 1.69 bits per heavy atom. The third-order valence-electron chi connectivity index (χ3n) is 2.81. The Hall–Kier alpha value is -0.0800. The molecule has 0 aromatic heterocycles. The molecule has 0 bridgehead atoms. The molecule has 0 rings (SSSR count). The quantitative estimate of drug-likeness (QED) is 0.659. The van der Waals surface area contributed by atoms with Gasteiger partial charge in [-0.25, -0.2) is 0 Å². The highest BCUT2D eigenvalue weighted by Crippen LogP contribution is 2.10. The minimum Gasteiger partial charge on any atom is -0.330 e. The van der Waals surface area contributed by atoms with E-state index in [4.69, 9.17) is 5.73 Å². The second kappa shape index (κ2) is 7.34. The molecule has 0 heterocycles. The van der Waals surface area contributed by atoms with E-state index in [0.29, 0.717) is 5.92 Å². The van der Waals surface area contributed by atoms with E-state index < -0.39 is 0 Å². The summed E-state index contributed by atoms with van der Waals surface area (Å²) in [5.74, 6) is 0.626. The fourth-order valence-corrected chi connectivity index (χ4v) is 1.82. The van der Waals surface area contributed by atoms with Gasteiger partial charge in [0.2, 0.25) is 0 Å². The Morgan fingerprint density at radius 3 is 2.00 bits per heavy atom. The lowest BCUT2D eigenvalue weighted by atomic mass is 10.1. The standard InChI is InChI=1S/C11H26N2/c1-5-11(6-2)13(7-3)9-10(4)8-12/h10-11H,5-9,12H2,1-4H3. The van der Waals surface area contributed by atoms with E-state index >= 15 is 0 Å². The van der Waals surface area contributed by atoms with E-state index in [1.807, 2.05) is 0 Å². The van der Waals surface area contributed by atoms with Crippen LogP contribution in [0.3, 0.4) is 0 Å². The Bertz CT molecular complexity index is 111. The maximum atomic E-state index is 5.63. The minimum atomic E-state index is 0.626. The predicted molar refractivity (Wildman–Crippen MR) is 59.8 cm³/mol. The maximum Gasteiger partial charge on any atom is 0.00900 e. The van der Waals surface area contributed by atoms with Crippen LogP contribution in [0.5, 0.6) is 0 Å². The highest BCUT2D eigenvalue weighted by atomic mass is 15.1. The predicted octanol–water partition coefficient (Wildman–Crippen LogP) is 2.09. The summed E-state index contributed by atoms with van der Waals surface area (Å²) in [5.41, 5.74) is 5.63. The first-order valence-electron chi connectivity index (χ1n) is 5.63. The summed E-state index contributed by atoms with van der Waals surface area (Å²) in [4.78, 5) is 2.55. The molecule has 0 aromatic rings. The molecule has 0 saturated carbocycles. The van der Waals surface area contributed by atoms with E-state index in [2.05, 4.69) is 32.6 Å². The monoisotopic (exact) mass is 186 g/mol. The van der Waals surface area contributed by atoms with Gasteiger partial charge in [-0.05, 0) is 31.8 Å². The zero-order valence-corrected chi connectivity index (χ0v) is 9.71. The van der Waals surface area contributed by atoms with Gasteiger partial charge in [0.15, 0.2) is 0 Å². The van der Waals surface area contributed by atoms with E-state index in [1.54, 1.807) is 0 Å². The average Bonchev–Trinajstić information content (AvgIpc) is 2.17. The molecule has 0 radical (unpaired) electrons. The van der Waals surface area contributed by atoms with Crippen molar-refractivity contribution in [2.45, 2.75) is 46.6 Å². The van der Waals surface area contributed by atoms with Crippen LogP contribution in [0.25, 0.3) is 0 Å². The number of nitrogens with zero attached hydrogens (tertiary/aromatic N) is 1. The second-order valence-corrected chi connectivity index (χ2v) is 3.90. The fraction of sp³-hybridized carbons (Fsp3) is 1.00. The largest absolute Gasteiger partial charge is 0.330 e. The molecule has 80 valence electrons. The highest BCUT2D eigenvalue weighted by molar-refractivity contribution is 4.70. The zero-order valence-electron chi connectivity index (χ0n) is 9.71. The van der Waals surface area contributed by atoms with Gasteiger partial charge in [-0.3, -0.25) is 0 Å². The Labute approximate surface area is 83.5 Å². The van der Waals surface area contributed by atoms with Crippen molar-refractivity contribution in [1.82, 2.24) is 4.90 Å². The first-order chi connectivity index (χ1) is 6.19. The summed E-state index contributed by atoms with van der Waals surface area (Å²) in [5, 5.41) is 0. The Morgan fingerprint density at radius 1 is 1.15 bits per heavy atom. The van der Waals surface area contributed by atoms with Crippen LogP contribution >= 0.6 is 0 Å². The van der Waals surface area contributed by atoms with Crippen molar-refractivity contribution in [3.05, 3.63) is 0 Å². The molecule has 0 amide bonds. The van der Waals surface area contributed by atoms with Crippen LogP contribution in [0.2, 0.25) is 0 Å². The zero-order chi connectivity index (χ0) is 10.3. The average molecular weight is 186 g/mol. The molecule has 0 aromatic carbocycles. The number of hydrogen-bond acceptors (Lipinski definition) is 2. The Kier molecular flexibility index (Phi) is 7.29. The van der Waals surface area contributed by atoms with Crippen molar-refractivity contribution >= 4 is 0 Å². The summed E-state index contributed by atoms with van der Waals surface area (Å²) < 4.78 is 0. The van der Waals surface area contributed by atoms with Crippen LogP contribution in [-0.2, 0) is 0 Å². The van der Waals surface area contributed by atoms with Crippen LogP contribution in [0.4, 0.5) is 0 Å². The third kappa shape index (κ3) is 4.63. The van der Waals surface area contributed by atoms with Crippen molar-refractivity contribution in [1.29, 1.82) is 0 Å². The van der Waals surface area contributed by atoms with Gasteiger partial charge in [0.05, 0.1) is 0 Å². The molecule has 0 aliphatic carbocycles. The van der Waals surface area contributed by atoms with Gasteiger partial charge in [0, 0.05) is 12.6 Å². The minimum absolute atomic E-state index is 0.626. The number of nitrogens with two attached hydrogens (primary N) is 1. The maximum absolute atomic E-state index is 5.63. The summed E-state index contributed by atoms with van der Waals surface area (Å²) in [6.45, 7) is 12.1. The van der Waals surface area contributed by atoms with Gasteiger partial charge < -0.3 is 10.6 Å². The molecule has 2 heteroatoms. The highest BCUT2D eigenvalue weighted by Gasteiger charge is 2.14. The van der Waals surface area contributed by atoms with E-state index in [-0.39, 0.29) is 0 Å². The molecule has 0 saturated heterocycles. The summed E-state index contributed by atoms with van der Waals surface area (Å²) >= 11 is 0. The molecule has 0 fully saturated rings. The van der Waals surface area contributed by atoms with Gasteiger partial charge in [0.1, 0.15) is 0 Å². The summed E-state index contributed by atoms with van der Waals surface area (Å²) in [7, 11) is 0.